The molecule has 0 spiro atoms. The third-order valence-corrected chi connectivity index (χ3v) is 4.23. The van der Waals surface area contributed by atoms with Crippen molar-refractivity contribution in [2.24, 2.45) is 11.8 Å². The number of carbonyl (C=O) groups is 1. The molecule has 1 aromatic carbocycles. The van der Waals surface area contributed by atoms with Crippen molar-refractivity contribution >= 4 is 17.6 Å². The molecule has 1 aromatic rings. The van der Waals surface area contributed by atoms with Crippen LogP contribution >= 0.6 is 11.6 Å². The van der Waals surface area contributed by atoms with Crippen LogP contribution in [0.25, 0.3) is 0 Å². The maximum atomic E-state index is 11.4. The molecule has 0 radical (unpaired) electrons. The van der Waals surface area contributed by atoms with Gasteiger partial charge in [0.2, 0.25) is 0 Å². The van der Waals surface area contributed by atoms with E-state index < -0.39 is 5.97 Å². The minimum Gasteiger partial charge on any atom is -0.481 e. The lowest BCUT2D eigenvalue weighted by molar-refractivity contribution is -0.144. The summed E-state index contributed by atoms with van der Waals surface area (Å²) < 4.78 is 5.30. The quantitative estimate of drug-likeness (QED) is 0.760. The highest BCUT2D eigenvalue weighted by Crippen LogP contribution is 2.23. The summed E-state index contributed by atoms with van der Waals surface area (Å²) in [5.74, 6) is -0.819. The van der Waals surface area contributed by atoms with Crippen molar-refractivity contribution < 1.29 is 14.6 Å². The van der Waals surface area contributed by atoms with E-state index in [1.807, 2.05) is 24.3 Å². The number of rotatable bonds is 7. The van der Waals surface area contributed by atoms with E-state index in [0.29, 0.717) is 19.8 Å². The molecular weight excluding hydrogens is 290 g/mol. The maximum absolute atomic E-state index is 11.4. The summed E-state index contributed by atoms with van der Waals surface area (Å²) in [4.78, 5) is 11.4. The zero-order chi connectivity index (χ0) is 15.1. The molecule has 0 bridgehead atoms. The van der Waals surface area contributed by atoms with Crippen LogP contribution in [0.4, 0.5) is 0 Å². The fourth-order valence-electron chi connectivity index (χ4n) is 2.76. The van der Waals surface area contributed by atoms with Gasteiger partial charge in [-0.25, -0.2) is 0 Å². The van der Waals surface area contributed by atoms with E-state index >= 15 is 0 Å². The number of halogens is 1. The summed E-state index contributed by atoms with van der Waals surface area (Å²) in [6.45, 7) is 2.63. The lowest BCUT2D eigenvalue weighted by atomic mass is 9.86. The molecule has 0 aliphatic carbocycles. The van der Waals surface area contributed by atoms with Gasteiger partial charge in [0.15, 0.2) is 0 Å². The Labute approximate surface area is 130 Å². The monoisotopic (exact) mass is 311 g/mol. The van der Waals surface area contributed by atoms with Crippen molar-refractivity contribution in [2.75, 3.05) is 26.3 Å². The number of carboxylic acids is 1. The van der Waals surface area contributed by atoms with E-state index in [2.05, 4.69) is 5.32 Å². The molecule has 1 heterocycles. The van der Waals surface area contributed by atoms with E-state index in [0.717, 1.165) is 36.4 Å². The minimum absolute atomic E-state index is 0.218. The second-order valence-corrected chi connectivity index (χ2v) is 5.92. The molecule has 1 saturated heterocycles. The van der Waals surface area contributed by atoms with E-state index in [-0.39, 0.29) is 11.8 Å². The van der Waals surface area contributed by atoms with Crippen LogP contribution < -0.4 is 5.32 Å². The molecule has 1 aliphatic rings. The average molecular weight is 312 g/mol. The number of benzene rings is 1. The Morgan fingerprint density at radius 2 is 2.19 bits per heavy atom. The highest BCUT2D eigenvalue weighted by molar-refractivity contribution is 6.30. The summed E-state index contributed by atoms with van der Waals surface area (Å²) in [6.07, 6.45) is 2.53. The van der Waals surface area contributed by atoms with Gasteiger partial charge in [0, 0.05) is 24.8 Å². The summed E-state index contributed by atoms with van der Waals surface area (Å²) in [5, 5.41) is 13.4. The standard InChI is InChI=1S/C16H22ClNO3/c17-14-3-1-2-12(10-14)4-7-18-11-15(16(19)20)13-5-8-21-9-6-13/h1-3,10,13,15,18H,4-9,11H2,(H,19,20). The van der Waals surface area contributed by atoms with Crippen LogP contribution in [0.2, 0.25) is 5.02 Å². The van der Waals surface area contributed by atoms with Gasteiger partial charge in [-0.2, -0.15) is 0 Å². The first-order valence-corrected chi connectivity index (χ1v) is 7.80. The SMILES string of the molecule is O=C(O)C(CNCCc1cccc(Cl)c1)C1CCOCC1. The van der Waals surface area contributed by atoms with Crippen molar-refractivity contribution in [3.63, 3.8) is 0 Å². The van der Waals surface area contributed by atoms with Gasteiger partial charge in [-0.05, 0) is 49.4 Å². The van der Waals surface area contributed by atoms with Gasteiger partial charge >= 0.3 is 5.97 Å². The highest BCUT2D eigenvalue weighted by atomic mass is 35.5. The van der Waals surface area contributed by atoms with Gasteiger partial charge in [-0.3, -0.25) is 4.79 Å². The second-order valence-electron chi connectivity index (χ2n) is 5.48. The van der Waals surface area contributed by atoms with Crippen molar-refractivity contribution in [3.8, 4) is 0 Å². The van der Waals surface area contributed by atoms with Crippen LogP contribution in [0.3, 0.4) is 0 Å². The van der Waals surface area contributed by atoms with E-state index in [9.17, 15) is 9.90 Å². The lowest BCUT2D eigenvalue weighted by Gasteiger charge is -2.27. The third kappa shape index (κ3) is 5.30. The Morgan fingerprint density at radius 3 is 2.86 bits per heavy atom. The van der Waals surface area contributed by atoms with Gasteiger partial charge in [0.1, 0.15) is 0 Å². The summed E-state index contributed by atoms with van der Waals surface area (Å²) in [5.41, 5.74) is 1.16. The first kappa shape index (κ1) is 16.3. The molecular formula is C16H22ClNO3. The second kappa shape index (κ2) is 8.37. The Morgan fingerprint density at radius 1 is 1.43 bits per heavy atom. The van der Waals surface area contributed by atoms with Gasteiger partial charge < -0.3 is 15.2 Å². The van der Waals surface area contributed by atoms with Crippen molar-refractivity contribution in [1.82, 2.24) is 5.32 Å². The number of carboxylic acid groups (broad SMARTS) is 1. The number of nitrogens with one attached hydrogen (secondary N) is 1. The molecule has 1 fully saturated rings. The number of hydrogen-bond donors (Lipinski definition) is 2. The first-order chi connectivity index (χ1) is 10.2. The van der Waals surface area contributed by atoms with Crippen LogP contribution in [0.1, 0.15) is 18.4 Å². The topological polar surface area (TPSA) is 58.6 Å². The molecule has 5 heteroatoms. The van der Waals surface area contributed by atoms with Crippen LogP contribution in [0.5, 0.6) is 0 Å². The maximum Gasteiger partial charge on any atom is 0.308 e. The molecule has 1 atom stereocenters. The Bertz CT molecular complexity index is 461. The summed E-state index contributed by atoms with van der Waals surface area (Å²) >= 11 is 5.94. The molecule has 0 saturated carbocycles. The highest BCUT2D eigenvalue weighted by Gasteiger charge is 2.29. The molecule has 116 valence electrons. The molecule has 2 N–H and O–H groups in total. The Balaban J connectivity index is 1.75. The van der Waals surface area contributed by atoms with Crippen molar-refractivity contribution in [3.05, 3.63) is 34.9 Å². The van der Waals surface area contributed by atoms with Crippen LogP contribution in [0, 0.1) is 11.8 Å². The van der Waals surface area contributed by atoms with Gasteiger partial charge in [-0.15, -0.1) is 0 Å². The zero-order valence-electron chi connectivity index (χ0n) is 12.1. The van der Waals surface area contributed by atoms with Gasteiger partial charge in [0.25, 0.3) is 0 Å². The average Bonchev–Trinajstić information content (AvgIpc) is 2.48. The van der Waals surface area contributed by atoms with Crippen LogP contribution in [-0.2, 0) is 16.0 Å². The smallest absolute Gasteiger partial charge is 0.308 e. The normalized spacial score (nSPS) is 17.6. The first-order valence-electron chi connectivity index (χ1n) is 7.42. The summed E-state index contributed by atoms with van der Waals surface area (Å²) in [6, 6.07) is 7.75. The van der Waals surface area contributed by atoms with Crippen LogP contribution in [-0.4, -0.2) is 37.4 Å². The molecule has 21 heavy (non-hydrogen) atoms. The van der Waals surface area contributed by atoms with Crippen molar-refractivity contribution in [1.29, 1.82) is 0 Å². The lowest BCUT2D eigenvalue weighted by Crippen LogP contribution is -2.37. The Kier molecular flexibility index (Phi) is 6.49. The number of aliphatic carboxylic acids is 1. The molecule has 4 nitrogen and oxygen atoms in total. The van der Waals surface area contributed by atoms with E-state index in [4.69, 9.17) is 16.3 Å². The summed E-state index contributed by atoms with van der Waals surface area (Å²) in [7, 11) is 0. The molecule has 1 aliphatic heterocycles. The Hall–Kier alpha value is -1.10. The predicted molar refractivity (Wildman–Crippen MR) is 82.7 cm³/mol. The third-order valence-electron chi connectivity index (χ3n) is 4.00. The minimum atomic E-state index is -0.711. The van der Waals surface area contributed by atoms with Gasteiger partial charge in [0.05, 0.1) is 5.92 Å². The molecule has 2 rings (SSSR count). The largest absolute Gasteiger partial charge is 0.481 e. The molecule has 0 aromatic heterocycles. The van der Waals surface area contributed by atoms with Crippen LogP contribution in [0.15, 0.2) is 24.3 Å². The zero-order valence-corrected chi connectivity index (χ0v) is 12.8. The molecule has 0 amide bonds. The fourth-order valence-corrected chi connectivity index (χ4v) is 2.97. The predicted octanol–water partition coefficient (Wildman–Crippen LogP) is 2.60. The van der Waals surface area contributed by atoms with Gasteiger partial charge in [-0.1, -0.05) is 23.7 Å². The van der Waals surface area contributed by atoms with E-state index in [1.165, 1.54) is 0 Å². The van der Waals surface area contributed by atoms with Crippen molar-refractivity contribution in [2.45, 2.75) is 19.3 Å². The fraction of sp³-hybridized carbons (Fsp3) is 0.562. The molecule has 1 unspecified atom stereocenters. The number of hydrogen-bond acceptors (Lipinski definition) is 3. The number of ether oxygens (including phenoxy) is 1. The van der Waals surface area contributed by atoms with E-state index in [1.54, 1.807) is 0 Å².